The number of ether oxygens (including phenoxy) is 2. The Morgan fingerprint density at radius 1 is 1.26 bits per heavy atom. The van der Waals surface area contributed by atoms with Gasteiger partial charge in [0.15, 0.2) is 0 Å². The number of hydrogen-bond donors (Lipinski definition) is 1. The molecule has 6 heteroatoms. The monoisotopic (exact) mass is 363 g/mol. The third kappa shape index (κ3) is 5.85. The Kier molecular flexibility index (Phi) is 7.37. The Morgan fingerprint density at radius 2 is 2.00 bits per heavy atom. The van der Waals surface area contributed by atoms with Crippen molar-refractivity contribution >= 4 is 5.97 Å². The minimum Gasteiger partial charge on any atom is -0.458 e. The number of aromatic nitrogens is 1. The summed E-state index contributed by atoms with van der Waals surface area (Å²) >= 11 is 0. The van der Waals surface area contributed by atoms with Crippen LogP contribution in [0, 0.1) is 29.6 Å². The number of rotatable bonds is 8. The molecule has 0 fully saturated rings. The summed E-state index contributed by atoms with van der Waals surface area (Å²) in [6.07, 6.45) is 5.24. The summed E-state index contributed by atoms with van der Waals surface area (Å²) in [4.78, 5) is 16.6. The van der Waals surface area contributed by atoms with Crippen molar-refractivity contribution in [3.63, 3.8) is 0 Å². The lowest BCUT2D eigenvalue weighted by Gasteiger charge is -2.19. The lowest BCUT2D eigenvalue weighted by molar-refractivity contribution is -0.148. The van der Waals surface area contributed by atoms with Gasteiger partial charge in [0.05, 0.1) is 17.8 Å². The Labute approximate surface area is 159 Å². The van der Waals surface area contributed by atoms with E-state index in [1.54, 1.807) is 24.3 Å². The van der Waals surface area contributed by atoms with Crippen LogP contribution < -0.4 is 10.1 Å². The van der Waals surface area contributed by atoms with Crippen molar-refractivity contribution < 1.29 is 14.3 Å². The molecular weight excluding hydrogens is 342 g/mol. The highest BCUT2D eigenvalue weighted by Gasteiger charge is 2.23. The summed E-state index contributed by atoms with van der Waals surface area (Å²) in [5, 5.41) is 12.2. The van der Waals surface area contributed by atoms with Crippen LogP contribution >= 0.6 is 0 Å². The number of hydrogen-bond acceptors (Lipinski definition) is 6. The number of carbonyl (C=O) groups excluding carboxylic acids is 1. The summed E-state index contributed by atoms with van der Waals surface area (Å²) in [7, 11) is 0. The second kappa shape index (κ2) is 9.96. The molecule has 0 aliphatic carbocycles. The molecule has 0 saturated carbocycles. The van der Waals surface area contributed by atoms with Gasteiger partial charge in [-0.15, -0.1) is 6.42 Å². The summed E-state index contributed by atoms with van der Waals surface area (Å²) < 4.78 is 11.0. The van der Waals surface area contributed by atoms with Crippen LogP contribution in [0.25, 0.3) is 0 Å². The van der Waals surface area contributed by atoms with E-state index in [4.69, 9.17) is 15.9 Å². The van der Waals surface area contributed by atoms with Crippen LogP contribution in [0.1, 0.15) is 25.1 Å². The highest BCUT2D eigenvalue weighted by Crippen LogP contribution is 2.21. The number of terminal acetylenes is 1. The van der Waals surface area contributed by atoms with Crippen molar-refractivity contribution in [1.29, 1.82) is 5.26 Å². The molecule has 1 aromatic carbocycles. The average Bonchev–Trinajstić information content (AvgIpc) is 2.67. The van der Waals surface area contributed by atoms with Gasteiger partial charge in [0.25, 0.3) is 0 Å². The molecule has 0 bridgehead atoms. The number of para-hydroxylation sites is 1. The molecule has 138 valence electrons. The van der Waals surface area contributed by atoms with Gasteiger partial charge in [0.1, 0.15) is 24.5 Å². The number of esters is 1. The van der Waals surface area contributed by atoms with E-state index in [1.807, 2.05) is 38.1 Å². The smallest absolute Gasteiger partial charge is 0.323 e. The van der Waals surface area contributed by atoms with Crippen LogP contribution in [-0.2, 0) is 16.1 Å². The molecule has 1 unspecified atom stereocenters. The van der Waals surface area contributed by atoms with Crippen LogP contribution in [0.2, 0.25) is 0 Å². The van der Waals surface area contributed by atoms with Gasteiger partial charge in [-0.05, 0) is 24.1 Å². The van der Waals surface area contributed by atoms with Gasteiger partial charge >= 0.3 is 5.97 Å². The number of nitrogens with zero attached hydrogens (tertiary/aromatic N) is 2. The Bertz CT molecular complexity index is 851. The van der Waals surface area contributed by atoms with E-state index in [-0.39, 0.29) is 19.1 Å². The Morgan fingerprint density at radius 3 is 2.63 bits per heavy atom. The van der Waals surface area contributed by atoms with Crippen molar-refractivity contribution in [1.82, 2.24) is 10.3 Å². The van der Waals surface area contributed by atoms with Gasteiger partial charge in [-0.1, -0.05) is 38.0 Å². The number of nitriles is 1. The fourth-order valence-electron chi connectivity index (χ4n) is 2.35. The molecule has 2 aromatic rings. The maximum absolute atomic E-state index is 12.3. The maximum Gasteiger partial charge on any atom is 0.323 e. The second-order valence-electron chi connectivity index (χ2n) is 6.09. The molecule has 1 heterocycles. The quantitative estimate of drug-likeness (QED) is 0.573. The molecule has 0 spiro atoms. The van der Waals surface area contributed by atoms with Crippen LogP contribution in [-0.4, -0.2) is 23.5 Å². The van der Waals surface area contributed by atoms with Crippen molar-refractivity contribution in [2.24, 2.45) is 5.92 Å². The number of carbonyl (C=O) groups is 1. The minimum absolute atomic E-state index is 0.00185. The van der Waals surface area contributed by atoms with Gasteiger partial charge in [-0.2, -0.15) is 5.26 Å². The van der Waals surface area contributed by atoms with Crippen molar-refractivity contribution in [2.75, 3.05) is 6.54 Å². The number of pyridine rings is 1. The summed E-state index contributed by atoms with van der Waals surface area (Å²) in [5.74, 6) is 2.94. The number of benzene rings is 1. The molecule has 0 amide bonds. The largest absolute Gasteiger partial charge is 0.458 e. The van der Waals surface area contributed by atoms with E-state index in [1.165, 1.54) is 0 Å². The predicted octanol–water partition coefficient (Wildman–Crippen LogP) is 3.04. The van der Waals surface area contributed by atoms with E-state index >= 15 is 0 Å². The van der Waals surface area contributed by atoms with E-state index in [2.05, 4.69) is 16.2 Å². The molecule has 2 rings (SSSR count). The third-order valence-corrected chi connectivity index (χ3v) is 3.73. The minimum atomic E-state index is -0.532. The van der Waals surface area contributed by atoms with Crippen LogP contribution in [0.5, 0.6) is 11.6 Å². The van der Waals surface area contributed by atoms with Gasteiger partial charge in [0, 0.05) is 6.07 Å². The molecule has 0 aliphatic rings. The maximum atomic E-state index is 12.3. The molecule has 27 heavy (non-hydrogen) atoms. The first-order valence-electron chi connectivity index (χ1n) is 8.51. The topological polar surface area (TPSA) is 84.2 Å². The Balaban J connectivity index is 2.10. The molecular formula is C21H21N3O3. The molecule has 1 aromatic heterocycles. The molecule has 1 atom stereocenters. The zero-order valence-corrected chi connectivity index (χ0v) is 15.3. The van der Waals surface area contributed by atoms with Crippen LogP contribution in [0.3, 0.4) is 0 Å². The van der Waals surface area contributed by atoms with E-state index in [0.717, 1.165) is 0 Å². The van der Waals surface area contributed by atoms with E-state index < -0.39 is 12.0 Å². The summed E-state index contributed by atoms with van der Waals surface area (Å²) in [6.45, 7) is 3.92. The highest BCUT2D eigenvalue weighted by molar-refractivity contribution is 5.76. The van der Waals surface area contributed by atoms with Gasteiger partial charge in [-0.25, -0.2) is 4.98 Å². The predicted molar refractivity (Wildman–Crippen MR) is 101 cm³/mol. The standard InChI is InChI=1S/C21H21N3O3/c1-4-12-23-20(15(2)3)21(25)26-14-18-16(13-22)10-11-19(24-18)27-17-8-6-5-7-9-17/h1,5-11,15,20,23H,12,14H2,2-3H3. The normalized spacial score (nSPS) is 11.3. The van der Waals surface area contributed by atoms with Crippen LogP contribution in [0.4, 0.5) is 0 Å². The number of nitrogens with one attached hydrogen (secondary N) is 1. The van der Waals surface area contributed by atoms with Crippen molar-refractivity contribution in [3.8, 4) is 30.0 Å². The van der Waals surface area contributed by atoms with Gasteiger partial charge < -0.3 is 9.47 Å². The Hall–Kier alpha value is -3.35. The zero-order chi connectivity index (χ0) is 19.6. The lowest BCUT2D eigenvalue weighted by atomic mass is 10.0. The fraction of sp³-hybridized carbons (Fsp3) is 0.286. The molecule has 1 N–H and O–H groups in total. The molecule has 6 nitrogen and oxygen atoms in total. The van der Waals surface area contributed by atoms with Crippen molar-refractivity contribution in [3.05, 3.63) is 53.7 Å². The zero-order valence-electron chi connectivity index (χ0n) is 15.3. The van der Waals surface area contributed by atoms with Crippen LogP contribution in [0.15, 0.2) is 42.5 Å². The van der Waals surface area contributed by atoms with E-state index in [9.17, 15) is 10.1 Å². The first kappa shape index (κ1) is 20.0. The SMILES string of the molecule is C#CCNC(C(=O)OCc1nc(Oc2ccccc2)ccc1C#N)C(C)C. The first-order chi connectivity index (χ1) is 13.0. The summed E-state index contributed by atoms with van der Waals surface area (Å²) in [5.41, 5.74) is 0.652. The second-order valence-corrected chi connectivity index (χ2v) is 6.09. The highest BCUT2D eigenvalue weighted by atomic mass is 16.5. The molecule has 0 saturated heterocycles. The summed E-state index contributed by atoms with van der Waals surface area (Å²) in [6, 6.07) is 13.9. The van der Waals surface area contributed by atoms with Gasteiger partial charge in [0.2, 0.25) is 5.88 Å². The lowest BCUT2D eigenvalue weighted by Crippen LogP contribution is -2.42. The van der Waals surface area contributed by atoms with E-state index in [0.29, 0.717) is 22.9 Å². The molecule has 0 radical (unpaired) electrons. The third-order valence-electron chi connectivity index (χ3n) is 3.73. The van der Waals surface area contributed by atoms with Gasteiger partial charge in [-0.3, -0.25) is 10.1 Å². The first-order valence-corrected chi connectivity index (χ1v) is 8.51. The van der Waals surface area contributed by atoms with Crippen molar-refractivity contribution in [2.45, 2.75) is 26.5 Å². The average molecular weight is 363 g/mol. The fourth-order valence-corrected chi connectivity index (χ4v) is 2.35. The molecule has 0 aliphatic heterocycles.